The monoisotopic (exact) mass is 328 g/mol. The minimum atomic E-state index is -0.0899. The Morgan fingerprint density at radius 3 is 2.54 bits per heavy atom. The largest absolute Gasteiger partial charge is 0.345 e. The van der Waals surface area contributed by atoms with Gasteiger partial charge in [0.2, 0.25) is 5.91 Å². The molecule has 0 unspecified atom stereocenters. The zero-order valence-electron chi connectivity index (χ0n) is 14.4. The lowest BCUT2D eigenvalue weighted by atomic mass is 10.1. The van der Waals surface area contributed by atoms with Gasteiger partial charge < -0.3 is 15.2 Å². The van der Waals surface area contributed by atoms with E-state index in [0.29, 0.717) is 24.2 Å². The highest BCUT2D eigenvalue weighted by atomic mass is 16.2. The number of nitrogens with zero attached hydrogens (tertiary/aromatic N) is 2. The molecule has 0 bridgehead atoms. The first-order chi connectivity index (χ1) is 11.5. The van der Waals surface area contributed by atoms with E-state index in [1.165, 1.54) is 0 Å². The molecule has 0 radical (unpaired) electrons. The third-order valence-electron chi connectivity index (χ3n) is 3.66. The molecular formula is C18H24N4O2. The molecule has 0 saturated carbocycles. The minimum absolute atomic E-state index is 0.00114. The molecular weight excluding hydrogens is 304 g/mol. The first-order valence-electron chi connectivity index (χ1n) is 8.15. The number of nitrogens with one attached hydrogen (secondary N) is 2. The number of hydrogen-bond acceptors (Lipinski definition) is 3. The van der Waals surface area contributed by atoms with Gasteiger partial charge in [-0.25, -0.2) is 4.98 Å². The van der Waals surface area contributed by atoms with Crippen LogP contribution in [0.4, 0.5) is 5.69 Å². The number of aromatic amines is 1. The van der Waals surface area contributed by atoms with Crippen LogP contribution < -0.4 is 5.32 Å². The van der Waals surface area contributed by atoms with E-state index in [-0.39, 0.29) is 11.8 Å². The number of carbonyl (C=O) groups is 2. The standard InChI is InChI=1S/C18H24N4O2/c1-4-5-6-17(23)21-15-9-7-14(8-10-15)18(24)22(3)12-16-19-11-13(2)20-16/h7-11H,4-6,12H2,1-3H3,(H,19,20)(H,21,23). The number of hydrogen-bond donors (Lipinski definition) is 2. The molecule has 0 saturated heterocycles. The topological polar surface area (TPSA) is 78.1 Å². The molecule has 2 aromatic rings. The van der Waals surface area contributed by atoms with Gasteiger partial charge in [-0.3, -0.25) is 9.59 Å². The summed E-state index contributed by atoms with van der Waals surface area (Å²) in [5, 5.41) is 2.84. The van der Waals surface area contributed by atoms with Gasteiger partial charge >= 0.3 is 0 Å². The molecule has 0 atom stereocenters. The van der Waals surface area contributed by atoms with E-state index in [2.05, 4.69) is 15.3 Å². The van der Waals surface area contributed by atoms with Crippen LogP contribution in [0.25, 0.3) is 0 Å². The molecule has 0 aliphatic carbocycles. The molecule has 2 N–H and O–H groups in total. The Kier molecular flexibility index (Phi) is 6.12. The number of aryl methyl sites for hydroxylation is 1. The van der Waals surface area contributed by atoms with Gasteiger partial charge in [0.25, 0.3) is 5.91 Å². The van der Waals surface area contributed by atoms with E-state index in [1.807, 2.05) is 13.8 Å². The van der Waals surface area contributed by atoms with Gasteiger partial charge in [0.1, 0.15) is 5.82 Å². The normalized spacial score (nSPS) is 10.5. The fourth-order valence-corrected chi connectivity index (χ4v) is 2.32. The third kappa shape index (κ3) is 4.94. The van der Waals surface area contributed by atoms with E-state index in [9.17, 15) is 9.59 Å². The SMILES string of the molecule is CCCCC(=O)Nc1ccc(C(=O)N(C)Cc2ncc(C)[nH]2)cc1. The second-order valence-electron chi connectivity index (χ2n) is 5.90. The Balaban J connectivity index is 1.93. The quantitative estimate of drug-likeness (QED) is 0.819. The van der Waals surface area contributed by atoms with Crippen LogP contribution in [-0.4, -0.2) is 33.7 Å². The lowest BCUT2D eigenvalue weighted by Gasteiger charge is -2.16. The van der Waals surface area contributed by atoms with E-state index in [4.69, 9.17) is 0 Å². The maximum atomic E-state index is 12.4. The summed E-state index contributed by atoms with van der Waals surface area (Å²) in [5.74, 6) is 0.664. The summed E-state index contributed by atoms with van der Waals surface area (Å²) in [6, 6.07) is 6.95. The van der Waals surface area contributed by atoms with Gasteiger partial charge in [-0.2, -0.15) is 0 Å². The second kappa shape index (κ2) is 8.29. The van der Waals surface area contributed by atoms with Crippen LogP contribution in [0.1, 0.15) is 48.1 Å². The zero-order chi connectivity index (χ0) is 17.5. The van der Waals surface area contributed by atoms with E-state index in [1.54, 1.807) is 42.4 Å². The number of carbonyl (C=O) groups excluding carboxylic acids is 2. The van der Waals surface area contributed by atoms with Gasteiger partial charge in [0.15, 0.2) is 0 Å². The van der Waals surface area contributed by atoms with Crippen molar-refractivity contribution in [2.75, 3.05) is 12.4 Å². The Morgan fingerprint density at radius 2 is 1.96 bits per heavy atom. The lowest BCUT2D eigenvalue weighted by Crippen LogP contribution is -2.26. The van der Waals surface area contributed by atoms with Crippen molar-refractivity contribution in [3.8, 4) is 0 Å². The number of benzene rings is 1. The number of amides is 2. The van der Waals surface area contributed by atoms with Gasteiger partial charge in [-0.05, 0) is 37.6 Å². The number of anilines is 1. The number of imidazole rings is 1. The maximum absolute atomic E-state index is 12.4. The van der Waals surface area contributed by atoms with Crippen LogP contribution >= 0.6 is 0 Å². The molecule has 0 fully saturated rings. The average Bonchev–Trinajstić information content (AvgIpc) is 2.97. The summed E-state index contributed by atoms with van der Waals surface area (Å²) in [6.45, 7) is 4.39. The molecule has 0 aliphatic heterocycles. The van der Waals surface area contributed by atoms with Crippen molar-refractivity contribution in [1.29, 1.82) is 0 Å². The van der Waals surface area contributed by atoms with Crippen molar-refractivity contribution in [2.45, 2.75) is 39.7 Å². The highest BCUT2D eigenvalue weighted by molar-refractivity contribution is 5.95. The Labute approximate surface area is 142 Å². The summed E-state index contributed by atoms with van der Waals surface area (Å²) in [6.07, 6.45) is 4.12. The Hall–Kier alpha value is -2.63. The van der Waals surface area contributed by atoms with Crippen LogP contribution in [0.5, 0.6) is 0 Å². The Morgan fingerprint density at radius 1 is 1.25 bits per heavy atom. The highest BCUT2D eigenvalue weighted by Gasteiger charge is 2.13. The van der Waals surface area contributed by atoms with Crippen LogP contribution in [0.2, 0.25) is 0 Å². The predicted molar refractivity (Wildman–Crippen MR) is 93.7 cm³/mol. The smallest absolute Gasteiger partial charge is 0.254 e. The first kappa shape index (κ1) is 17.7. The predicted octanol–water partition coefficient (Wildman–Crippen LogP) is 3.12. The molecule has 1 heterocycles. The van der Waals surface area contributed by atoms with Crippen molar-refractivity contribution < 1.29 is 9.59 Å². The Bertz CT molecular complexity index is 691. The number of aromatic nitrogens is 2. The van der Waals surface area contributed by atoms with Gasteiger partial charge in [0.05, 0.1) is 6.54 Å². The van der Waals surface area contributed by atoms with Gasteiger partial charge in [-0.1, -0.05) is 13.3 Å². The summed E-state index contributed by atoms with van der Waals surface area (Å²) in [4.78, 5) is 33.1. The molecule has 0 aliphatic rings. The lowest BCUT2D eigenvalue weighted by molar-refractivity contribution is -0.116. The molecule has 1 aromatic heterocycles. The zero-order valence-corrected chi connectivity index (χ0v) is 14.4. The average molecular weight is 328 g/mol. The molecule has 6 nitrogen and oxygen atoms in total. The third-order valence-corrected chi connectivity index (χ3v) is 3.66. The number of unbranched alkanes of at least 4 members (excludes halogenated alkanes) is 1. The molecule has 128 valence electrons. The van der Waals surface area contributed by atoms with E-state index >= 15 is 0 Å². The molecule has 1 aromatic carbocycles. The summed E-state index contributed by atoms with van der Waals surface area (Å²) >= 11 is 0. The fourth-order valence-electron chi connectivity index (χ4n) is 2.32. The summed E-state index contributed by atoms with van der Waals surface area (Å²) in [5.41, 5.74) is 2.25. The van der Waals surface area contributed by atoms with Crippen molar-refractivity contribution >= 4 is 17.5 Å². The van der Waals surface area contributed by atoms with Crippen LogP contribution in [0.3, 0.4) is 0 Å². The molecule has 2 amide bonds. The van der Waals surface area contributed by atoms with Crippen LogP contribution in [0.15, 0.2) is 30.5 Å². The maximum Gasteiger partial charge on any atom is 0.254 e. The van der Waals surface area contributed by atoms with Crippen molar-refractivity contribution in [3.05, 3.63) is 47.5 Å². The molecule has 6 heteroatoms. The molecule has 24 heavy (non-hydrogen) atoms. The van der Waals surface area contributed by atoms with Crippen molar-refractivity contribution in [1.82, 2.24) is 14.9 Å². The van der Waals surface area contributed by atoms with Crippen LogP contribution in [-0.2, 0) is 11.3 Å². The van der Waals surface area contributed by atoms with Gasteiger partial charge in [-0.15, -0.1) is 0 Å². The number of H-pyrrole nitrogens is 1. The van der Waals surface area contributed by atoms with E-state index in [0.717, 1.165) is 24.4 Å². The second-order valence-corrected chi connectivity index (χ2v) is 5.90. The fraction of sp³-hybridized carbons (Fsp3) is 0.389. The molecule has 2 rings (SSSR count). The summed E-state index contributed by atoms with van der Waals surface area (Å²) < 4.78 is 0. The van der Waals surface area contributed by atoms with Crippen molar-refractivity contribution in [3.63, 3.8) is 0 Å². The minimum Gasteiger partial charge on any atom is -0.345 e. The highest BCUT2D eigenvalue weighted by Crippen LogP contribution is 2.13. The summed E-state index contributed by atoms with van der Waals surface area (Å²) in [7, 11) is 1.74. The number of rotatable bonds is 7. The first-order valence-corrected chi connectivity index (χ1v) is 8.15. The van der Waals surface area contributed by atoms with Crippen molar-refractivity contribution in [2.24, 2.45) is 0 Å². The molecule has 0 spiro atoms. The van der Waals surface area contributed by atoms with Gasteiger partial charge in [0, 0.05) is 36.6 Å². The van der Waals surface area contributed by atoms with E-state index < -0.39 is 0 Å². The van der Waals surface area contributed by atoms with Crippen LogP contribution in [0, 0.1) is 6.92 Å².